The molecule has 0 aromatic heterocycles. The second-order valence-corrected chi connectivity index (χ2v) is 9.22. The van der Waals surface area contributed by atoms with Gasteiger partial charge in [0.25, 0.3) is 5.91 Å². The van der Waals surface area contributed by atoms with E-state index in [1.807, 2.05) is 67.3 Å². The molecule has 0 saturated carbocycles. The van der Waals surface area contributed by atoms with Crippen LogP contribution in [-0.2, 0) is 9.53 Å². The van der Waals surface area contributed by atoms with Crippen LogP contribution < -0.4 is 10.2 Å². The van der Waals surface area contributed by atoms with Crippen molar-refractivity contribution in [3.63, 3.8) is 0 Å². The molecule has 0 radical (unpaired) electrons. The maximum absolute atomic E-state index is 15.1. The van der Waals surface area contributed by atoms with Crippen LogP contribution in [0.4, 0.5) is 15.8 Å². The maximum Gasteiger partial charge on any atom is 0.327 e. The van der Waals surface area contributed by atoms with Gasteiger partial charge in [-0.2, -0.15) is 0 Å². The Labute approximate surface area is 211 Å². The minimum atomic E-state index is -0.491. The fourth-order valence-electron chi connectivity index (χ4n) is 4.71. The molecule has 1 saturated heterocycles. The number of amides is 1. The summed E-state index contributed by atoms with van der Waals surface area (Å²) in [4.78, 5) is 29.4. The molecule has 1 aliphatic heterocycles. The highest BCUT2D eigenvalue weighted by Crippen LogP contribution is 2.28. The van der Waals surface area contributed by atoms with Crippen LogP contribution in [0.2, 0.25) is 0 Å². The number of ether oxygens (including phenoxy) is 1. The third-order valence-corrected chi connectivity index (χ3v) is 6.59. The lowest BCUT2D eigenvalue weighted by Gasteiger charge is -2.39. The van der Waals surface area contributed by atoms with Gasteiger partial charge in [0.2, 0.25) is 0 Å². The van der Waals surface area contributed by atoms with Crippen molar-refractivity contribution in [2.24, 2.45) is 0 Å². The van der Waals surface area contributed by atoms with Crippen molar-refractivity contribution in [3.8, 4) is 0 Å². The largest absolute Gasteiger partial charge is 0.468 e. The average molecular weight is 490 g/mol. The molecule has 36 heavy (non-hydrogen) atoms. The van der Waals surface area contributed by atoms with Gasteiger partial charge in [-0.25, -0.2) is 9.18 Å². The molecule has 1 N–H and O–H groups in total. The number of anilines is 2. The number of halogens is 1. The lowest BCUT2D eigenvalue weighted by Crippen LogP contribution is -2.49. The summed E-state index contributed by atoms with van der Waals surface area (Å²) in [7, 11) is 1.39. The lowest BCUT2D eigenvalue weighted by atomic mass is 9.97. The van der Waals surface area contributed by atoms with Crippen molar-refractivity contribution in [2.75, 3.05) is 43.5 Å². The van der Waals surface area contributed by atoms with Gasteiger partial charge in [0.15, 0.2) is 0 Å². The minimum absolute atomic E-state index is 0.199. The zero-order valence-electron chi connectivity index (χ0n) is 20.9. The molecule has 1 amide bonds. The zero-order chi connectivity index (χ0) is 25.7. The van der Waals surface area contributed by atoms with Gasteiger partial charge in [-0.05, 0) is 41.3 Å². The van der Waals surface area contributed by atoms with Gasteiger partial charge in [-0.3, -0.25) is 9.69 Å². The molecular weight excluding hydrogens is 457 g/mol. The van der Waals surface area contributed by atoms with E-state index < -0.39 is 11.9 Å². The van der Waals surface area contributed by atoms with Crippen LogP contribution in [0.3, 0.4) is 0 Å². The summed E-state index contributed by atoms with van der Waals surface area (Å²) in [6.07, 6.45) is 0. The van der Waals surface area contributed by atoms with Crippen LogP contribution in [0.15, 0.2) is 72.8 Å². The molecular formula is C29H32FN3O3. The molecule has 1 atom stereocenters. The maximum atomic E-state index is 15.1. The van der Waals surface area contributed by atoms with Gasteiger partial charge in [0.05, 0.1) is 12.8 Å². The van der Waals surface area contributed by atoms with Crippen LogP contribution in [0.5, 0.6) is 0 Å². The summed E-state index contributed by atoms with van der Waals surface area (Å²) >= 11 is 0. The highest BCUT2D eigenvalue weighted by atomic mass is 19.1. The topological polar surface area (TPSA) is 61.9 Å². The molecule has 1 aliphatic rings. The summed E-state index contributed by atoms with van der Waals surface area (Å²) in [6.45, 7) is 6.35. The van der Waals surface area contributed by atoms with Gasteiger partial charge in [-0.1, -0.05) is 62.4 Å². The molecule has 7 heteroatoms. The number of hydrogen-bond donors (Lipinski definition) is 1. The molecule has 188 valence electrons. The number of rotatable bonds is 7. The fraction of sp³-hybridized carbons (Fsp3) is 0.310. The zero-order valence-corrected chi connectivity index (χ0v) is 20.9. The minimum Gasteiger partial charge on any atom is -0.468 e. The first-order chi connectivity index (χ1) is 17.4. The van der Waals surface area contributed by atoms with Crippen molar-refractivity contribution < 1.29 is 18.7 Å². The highest BCUT2D eigenvalue weighted by molar-refractivity contribution is 6.05. The van der Waals surface area contributed by atoms with Crippen LogP contribution in [0.25, 0.3) is 0 Å². The van der Waals surface area contributed by atoms with Crippen molar-refractivity contribution in [2.45, 2.75) is 25.8 Å². The summed E-state index contributed by atoms with van der Waals surface area (Å²) in [6, 6.07) is 21.3. The molecule has 6 nitrogen and oxygen atoms in total. The normalized spacial score (nSPS) is 15.0. The Hall–Kier alpha value is -3.71. The van der Waals surface area contributed by atoms with Crippen molar-refractivity contribution in [3.05, 3.63) is 95.3 Å². The van der Waals surface area contributed by atoms with Gasteiger partial charge in [0.1, 0.15) is 11.9 Å². The molecule has 1 heterocycles. The molecule has 1 unspecified atom stereocenters. The molecule has 0 bridgehead atoms. The molecule has 3 aromatic rings. The van der Waals surface area contributed by atoms with Crippen LogP contribution in [0, 0.1) is 5.82 Å². The Morgan fingerprint density at radius 3 is 2.22 bits per heavy atom. The number of piperazine rings is 1. The van der Waals surface area contributed by atoms with Crippen LogP contribution in [-0.4, -0.2) is 50.1 Å². The Kier molecular flexibility index (Phi) is 8.00. The number of esters is 1. The molecule has 0 aliphatic carbocycles. The Balaban J connectivity index is 1.43. The second kappa shape index (κ2) is 11.4. The van der Waals surface area contributed by atoms with E-state index in [1.54, 1.807) is 18.2 Å². The van der Waals surface area contributed by atoms with Gasteiger partial charge in [-0.15, -0.1) is 0 Å². The van der Waals surface area contributed by atoms with E-state index in [0.717, 1.165) is 11.1 Å². The number of hydrogen-bond acceptors (Lipinski definition) is 5. The first kappa shape index (κ1) is 25.4. The summed E-state index contributed by atoms with van der Waals surface area (Å²) in [5.74, 6) is -0.758. The summed E-state index contributed by atoms with van der Waals surface area (Å²) in [5.41, 5.74) is 3.30. The second-order valence-electron chi connectivity index (χ2n) is 9.22. The number of carbonyl (C=O) groups excluding carboxylic acids is 2. The molecule has 1 fully saturated rings. The van der Waals surface area contributed by atoms with Crippen molar-refractivity contribution in [1.82, 2.24) is 4.90 Å². The predicted molar refractivity (Wildman–Crippen MR) is 140 cm³/mol. The van der Waals surface area contributed by atoms with Crippen LogP contribution >= 0.6 is 0 Å². The van der Waals surface area contributed by atoms with E-state index in [9.17, 15) is 9.59 Å². The molecule has 4 rings (SSSR count). The molecule has 3 aromatic carbocycles. The van der Waals surface area contributed by atoms with Crippen molar-refractivity contribution in [1.29, 1.82) is 0 Å². The van der Waals surface area contributed by atoms with Gasteiger partial charge < -0.3 is 15.0 Å². The Bertz CT molecular complexity index is 1210. The number of nitrogens with one attached hydrogen (secondary N) is 1. The number of nitrogens with zero attached hydrogens (tertiary/aromatic N) is 2. The summed E-state index contributed by atoms with van der Waals surface area (Å²) in [5, 5.41) is 2.83. The van der Waals surface area contributed by atoms with E-state index in [-0.39, 0.29) is 17.8 Å². The molecule has 0 spiro atoms. The van der Waals surface area contributed by atoms with E-state index >= 15 is 4.39 Å². The van der Waals surface area contributed by atoms with Crippen LogP contribution in [0.1, 0.15) is 47.3 Å². The van der Waals surface area contributed by atoms with E-state index in [2.05, 4.69) is 10.2 Å². The third kappa shape index (κ3) is 5.57. The third-order valence-electron chi connectivity index (χ3n) is 6.59. The van der Waals surface area contributed by atoms with Crippen molar-refractivity contribution >= 4 is 23.3 Å². The predicted octanol–water partition coefficient (Wildman–Crippen LogP) is 5.24. The number of methoxy groups -OCH3 is 1. The SMILES string of the molecule is COC(=O)C(c1ccccc1)N1CCN(c2ccc(NC(=O)c3ccccc3C(C)C)cc2F)CC1. The summed E-state index contributed by atoms with van der Waals surface area (Å²) < 4.78 is 20.2. The number of carbonyl (C=O) groups is 2. The first-order valence-corrected chi connectivity index (χ1v) is 12.2. The number of benzene rings is 3. The highest BCUT2D eigenvalue weighted by Gasteiger charge is 2.31. The van der Waals surface area contributed by atoms with Gasteiger partial charge in [0, 0.05) is 37.4 Å². The average Bonchev–Trinajstić information content (AvgIpc) is 2.90. The van der Waals surface area contributed by atoms with E-state index in [1.165, 1.54) is 13.2 Å². The lowest BCUT2D eigenvalue weighted by molar-refractivity contribution is -0.147. The Morgan fingerprint density at radius 1 is 0.917 bits per heavy atom. The quantitative estimate of drug-likeness (QED) is 0.460. The van der Waals surface area contributed by atoms with E-state index in [0.29, 0.717) is 43.1 Å². The van der Waals surface area contributed by atoms with E-state index in [4.69, 9.17) is 4.74 Å². The van der Waals surface area contributed by atoms with Gasteiger partial charge >= 0.3 is 5.97 Å². The first-order valence-electron chi connectivity index (χ1n) is 12.2. The smallest absolute Gasteiger partial charge is 0.327 e. The monoisotopic (exact) mass is 489 g/mol. The fourth-order valence-corrected chi connectivity index (χ4v) is 4.71. The standard InChI is InChI=1S/C29H32FN3O3/c1-20(2)23-11-7-8-12-24(23)28(34)31-22-13-14-26(25(30)19-22)32-15-17-33(18-16-32)27(29(35)36-3)21-9-5-4-6-10-21/h4-14,19-20,27H,15-18H2,1-3H3,(H,31,34). The Morgan fingerprint density at radius 2 is 1.58 bits per heavy atom.